The highest BCUT2D eigenvalue weighted by Gasteiger charge is 2.65. The Morgan fingerprint density at radius 2 is 1.57 bits per heavy atom. The van der Waals surface area contributed by atoms with Crippen LogP contribution in [0, 0.1) is 17.3 Å². The van der Waals surface area contributed by atoms with E-state index in [0.29, 0.717) is 19.3 Å². The van der Waals surface area contributed by atoms with Gasteiger partial charge < -0.3 is 20.5 Å². The predicted octanol–water partition coefficient (Wildman–Crippen LogP) is 4.06. The lowest BCUT2D eigenvalue weighted by atomic mass is 9.98. The first kappa shape index (κ1) is 22.1. The van der Waals surface area contributed by atoms with Crippen molar-refractivity contribution in [3.8, 4) is 11.1 Å². The molecule has 182 valence electrons. The van der Waals surface area contributed by atoms with Gasteiger partial charge in [-0.3, -0.25) is 9.59 Å². The quantitative estimate of drug-likeness (QED) is 0.586. The maximum absolute atomic E-state index is 12.8. The standard InChI is InChI=1S/C28H30N2O5/c31-25(29-19-12-17-13-28(17,14-19)26(32)33)16-9-10-18(11-16)30-27(34)35-15-24-22-7-3-1-5-20(22)21-6-2-4-8-23(21)24/h1-8,16-19,24H,9-15H2,(H,29,31)(H,30,34)(H,32,33)/t16?,17-,18?,19+,28+/m1/s1. The molecule has 0 aromatic heterocycles. The van der Waals surface area contributed by atoms with Gasteiger partial charge in [0, 0.05) is 23.9 Å². The minimum absolute atomic E-state index is 0.0157. The SMILES string of the molecule is O=C(NC1CCC(C(=O)N[C@H]2C[C@@H]3C[C@]3(C(=O)O)C2)C1)OCC1c2ccccc2-c2ccccc21. The van der Waals surface area contributed by atoms with E-state index >= 15 is 0 Å². The van der Waals surface area contributed by atoms with Crippen LogP contribution in [-0.4, -0.2) is 41.8 Å². The van der Waals surface area contributed by atoms with Gasteiger partial charge in [0.2, 0.25) is 5.91 Å². The number of carbonyl (C=O) groups is 3. The number of hydrogen-bond acceptors (Lipinski definition) is 4. The van der Waals surface area contributed by atoms with Crippen molar-refractivity contribution in [2.24, 2.45) is 17.3 Å². The van der Waals surface area contributed by atoms with Gasteiger partial charge in [-0.25, -0.2) is 4.79 Å². The lowest BCUT2D eigenvalue weighted by Crippen LogP contribution is -2.39. The molecule has 6 rings (SSSR count). The predicted molar refractivity (Wildman–Crippen MR) is 129 cm³/mol. The fourth-order valence-corrected chi connectivity index (χ4v) is 6.74. The summed E-state index contributed by atoms with van der Waals surface area (Å²) in [6.45, 7) is 0.269. The Hall–Kier alpha value is -3.35. The average Bonchev–Trinajstić information content (AvgIpc) is 3.17. The molecular weight excluding hydrogens is 444 g/mol. The molecule has 0 bridgehead atoms. The average molecular weight is 475 g/mol. The van der Waals surface area contributed by atoms with Gasteiger partial charge in [-0.1, -0.05) is 48.5 Å². The highest BCUT2D eigenvalue weighted by molar-refractivity contribution is 5.82. The number of benzene rings is 2. The number of carboxylic acid groups (broad SMARTS) is 1. The van der Waals surface area contributed by atoms with Crippen molar-refractivity contribution in [3.05, 3.63) is 59.7 Å². The zero-order valence-electron chi connectivity index (χ0n) is 19.5. The van der Waals surface area contributed by atoms with Gasteiger partial charge in [0.15, 0.2) is 0 Å². The number of hydrogen-bond donors (Lipinski definition) is 3. The number of fused-ring (bicyclic) bond motifs is 4. The van der Waals surface area contributed by atoms with Crippen LogP contribution in [-0.2, 0) is 14.3 Å². The first-order chi connectivity index (χ1) is 16.9. The number of carbonyl (C=O) groups excluding carboxylic acids is 2. The number of alkyl carbamates (subject to hydrolysis) is 1. The number of ether oxygens (including phenoxy) is 1. The van der Waals surface area contributed by atoms with Crippen molar-refractivity contribution in [2.75, 3.05) is 6.61 Å². The van der Waals surface area contributed by atoms with Crippen LogP contribution in [0.2, 0.25) is 0 Å². The number of nitrogens with one attached hydrogen (secondary N) is 2. The van der Waals surface area contributed by atoms with Crippen LogP contribution >= 0.6 is 0 Å². The molecule has 35 heavy (non-hydrogen) atoms. The van der Waals surface area contributed by atoms with E-state index in [9.17, 15) is 19.5 Å². The Labute approximate surface area is 204 Å². The molecule has 5 atom stereocenters. The molecule has 4 aliphatic carbocycles. The molecule has 0 saturated heterocycles. The van der Waals surface area contributed by atoms with Crippen molar-refractivity contribution < 1.29 is 24.2 Å². The zero-order valence-corrected chi connectivity index (χ0v) is 19.5. The van der Waals surface area contributed by atoms with Gasteiger partial charge in [-0.15, -0.1) is 0 Å². The maximum atomic E-state index is 12.8. The first-order valence-corrected chi connectivity index (χ1v) is 12.6. The van der Waals surface area contributed by atoms with E-state index in [4.69, 9.17) is 4.74 Å². The largest absolute Gasteiger partial charge is 0.481 e. The van der Waals surface area contributed by atoms with E-state index in [1.54, 1.807) is 0 Å². The molecule has 0 spiro atoms. The molecular formula is C28H30N2O5. The molecule has 4 aliphatic rings. The molecule has 2 unspecified atom stereocenters. The van der Waals surface area contributed by atoms with Gasteiger partial charge >= 0.3 is 12.1 Å². The Morgan fingerprint density at radius 3 is 2.23 bits per heavy atom. The summed E-state index contributed by atoms with van der Waals surface area (Å²) in [6, 6.07) is 16.3. The van der Waals surface area contributed by atoms with Crippen molar-refractivity contribution in [2.45, 2.75) is 56.5 Å². The molecule has 2 aromatic carbocycles. The molecule has 3 saturated carbocycles. The van der Waals surface area contributed by atoms with Crippen LogP contribution in [0.25, 0.3) is 11.1 Å². The summed E-state index contributed by atoms with van der Waals surface area (Å²) in [6.07, 6.45) is 3.60. The zero-order chi connectivity index (χ0) is 24.2. The second-order valence-corrected chi connectivity index (χ2v) is 10.7. The number of amides is 2. The summed E-state index contributed by atoms with van der Waals surface area (Å²) in [5.41, 5.74) is 4.13. The lowest BCUT2D eigenvalue weighted by molar-refractivity contribution is -0.144. The summed E-state index contributed by atoms with van der Waals surface area (Å²) >= 11 is 0. The van der Waals surface area contributed by atoms with E-state index in [1.807, 2.05) is 24.3 Å². The third-order valence-electron chi connectivity index (χ3n) is 8.65. The van der Waals surface area contributed by atoms with Crippen LogP contribution in [0.15, 0.2) is 48.5 Å². The van der Waals surface area contributed by atoms with Crippen molar-refractivity contribution in [1.29, 1.82) is 0 Å². The van der Waals surface area contributed by atoms with Crippen LogP contribution in [0.4, 0.5) is 4.79 Å². The van der Waals surface area contributed by atoms with Crippen molar-refractivity contribution in [1.82, 2.24) is 10.6 Å². The minimum atomic E-state index is -0.729. The Bertz CT molecular complexity index is 1150. The molecule has 7 nitrogen and oxygen atoms in total. The number of aliphatic carboxylic acids is 1. The van der Waals surface area contributed by atoms with E-state index in [0.717, 1.165) is 19.3 Å². The van der Waals surface area contributed by atoms with E-state index < -0.39 is 17.5 Å². The van der Waals surface area contributed by atoms with Crippen LogP contribution in [0.1, 0.15) is 55.6 Å². The van der Waals surface area contributed by atoms with E-state index in [1.165, 1.54) is 22.3 Å². The van der Waals surface area contributed by atoms with Gasteiger partial charge in [-0.05, 0) is 66.7 Å². The second kappa shape index (κ2) is 8.40. The van der Waals surface area contributed by atoms with Crippen LogP contribution < -0.4 is 10.6 Å². The summed E-state index contributed by atoms with van der Waals surface area (Å²) in [4.78, 5) is 36.8. The Balaban J connectivity index is 0.992. The van der Waals surface area contributed by atoms with Gasteiger partial charge in [0.05, 0.1) is 5.41 Å². The first-order valence-electron chi connectivity index (χ1n) is 12.6. The molecule has 3 N–H and O–H groups in total. The highest BCUT2D eigenvalue weighted by Crippen LogP contribution is 2.63. The maximum Gasteiger partial charge on any atom is 0.407 e. The molecule has 0 aliphatic heterocycles. The topological polar surface area (TPSA) is 105 Å². The van der Waals surface area contributed by atoms with Crippen molar-refractivity contribution in [3.63, 3.8) is 0 Å². The normalized spacial score (nSPS) is 30.2. The fourth-order valence-electron chi connectivity index (χ4n) is 6.74. The summed E-state index contributed by atoms with van der Waals surface area (Å²) in [5.74, 6) is -0.688. The molecule has 7 heteroatoms. The lowest BCUT2D eigenvalue weighted by Gasteiger charge is -2.19. The Kier molecular flexibility index (Phi) is 5.31. The summed E-state index contributed by atoms with van der Waals surface area (Å²) in [7, 11) is 0. The fraction of sp³-hybridized carbons (Fsp3) is 0.464. The minimum Gasteiger partial charge on any atom is -0.481 e. The highest BCUT2D eigenvalue weighted by atomic mass is 16.5. The molecule has 0 radical (unpaired) electrons. The third kappa shape index (κ3) is 3.87. The number of carboxylic acids is 1. The summed E-state index contributed by atoms with van der Waals surface area (Å²) < 4.78 is 5.65. The molecule has 0 heterocycles. The van der Waals surface area contributed by atoms with Gasteiger partial charge in [0.1, 0.15) is 6.61 Å². The Morgan fingerprint density at radius 1 is 0.886 bits per heavy atom. The molecule has 2 aromatic rings. The third-order valence-corrected chi connectivity index (χ3v) is 8.65. The van der Waals surface area contributed by atoms with Gasteiger partial charge in [-0.2, -0.15) is 0 Å². The van der Waals surface area contributed by atoms with Crippen LogP contribution in [0.5, 0.6) is 0 Å². The smallest absolute Gasteiger partial charge is 0.407 e. The van der Waals surface area contributed by atoms with E-state index in [-0.39, 0.29) is 42.4 Å². The van der Waals surface area contributed by atoms with Crippen molar-refractivity contribution >= 4 is 18.0 Å². The van der Waals surface area contributed by atoms with E-state index in [2.05, 4.69) is 34.9 Å². The molecule has 2 amide bonds. The number of rotatable bonds is 6. The molecule has 3 fully saturated rings. The second-order valence-electron chi connectivity index (χ2n) is 10.7. The van der Waals surface area contributed by atoms with Crippen LogP contribution in [0.3, 0.4) is 0 Å². The summed E-state index contributed by atoms with van der Waals surface area (Å²) in [5, 5.41) is 15.5. The monoisotopic (exact) mass is 474 g/mol. The van der Waals surface area contributed by atoms with Gasteiger partial charge in [0.25, 0.3) is 0 Å².